The highest BCUT2D eigenvalue weighted by atomic mass is 27.0. The molecule has 0 atom stereocenters. The first-order valence-electron chi connectivity index (χ1n) is 4.03. The Morgan fingerprint density at radius 1 is 1.08 bits per heavy atom. The Bertz CT molecular complexity index is 76.8. The lowest BCUT2D eigenvalue weighted by molar-refractivity contribution is -0.109. The first-order valence-corrected chi connectivity index (χ1v) is 5.03. The Labute approximate surface area is 83.2 Å². The second-order valence-corrected chi connectivity index (χ2v) is 4.50. The van der Waals surface area contributed by atoms with Crippen molar-refractivity contribution in [3.05, 3.63) is 0 Å². The number of hydrogen-bond acceptors (Lipinski definition) is 3. The molecule has 0 fully saturated rings. The van der Waals surface area contributed by atoms with Crippen LogP contribution in [0.2, 0.25) is 0 Å². The third kappa shape index (κ3) is 56200. The van der Waals surface area contributed by atoms with Gasteiger partial charge in [0, 0.05) is 16.9 Å². The second-order valence-electron chi connectivity index (χ2n) is 3.10. The van der Waals surface area contributed by atoms with Gasteiger partial charge in [0.1, 0.15) is 0 Å². The van der Waals surface area contributed by atoms with E-state index < -0.39 is 0 Å². The summed E-state index contributed by atoms with van der Waals surface area (Å²) < 4.78 is 0.306. The smallest absolute Gasteiger partial charge is 0.318 e. The molecule has 0 spiro atoms. The number of aliphatic hydroxyl groups excluding tert-OH is 2. The van der Waals surface area contributed by atoms with E-state index in [0.717, 1.165) is 0 Å². The fourth-order valence-corrected chi connectivity index (χ4v) is 0. The van der Waals surface area contributed by atoms with Crippen molar-refractivity contribution >= 4 is 20.9 Å². The molecule has 4 heteroatoms. The minimum Gasteiger partial charge on any atom is -0.394 e. The molecule has 2 N–H and O–H groups in total. The molecular weight excluding hydrogens is 171 g/mol. The molecule has 0 aromatic carbocycles. The normalized spacial score (nSPS) is 8.08. The van der Waals surface area contributed by atoms with Crippen LogP contribution in [-0.2, 0) is 4.79 Å². The fourth-order valence-electron chi connectivity index (χ4n) is 0. The summed E-state index contributed by atoms with van der Waals surface area (Å²) in [5, 5.41) is 16.1. The molecule has 0 bridgehead atoms. The van der Waals surface area contributed by atoms with Gasteiger partial charge in [-0.25, -0.2) is 0 Å². The molecule has 0 saturated carbocycles. The third-order valence-electron chi connectivity index (χ3n) is 0. The second kappa shape index (κ2) is 13.7. The highest BCUT2D eigenvalue weighted by molar-refractivity contribution is 6.56. The van der Waals surface area contributed by atoms with Gasteiger partial charge in [0.15, 0.2) is 0 Å². The average Bonchev–Trinajstić information content (AvgIpc) is 1.54. The van der Waals surface area contributed by atoms with Crippen molar-refractivity contribution in [3.63, 3.8) is 0 Å². The van der Waals surface area contributed by atoms with E-state index in [2.05, 4.69) is 0 Å². The third-order valence-corrected chi connectivity index (χ3v) is 0. The fraction of sp³-hybridized carbons (Fsp3) is 0.875. The Balaban J connectivity index is -0.000000101. The van der Waals surface area contributed by atoms with E-state index in [4.69, 9.17) is 10.2 Å². The van der Waals surface area contributed by atoms with Crippen LogP contribution in [0.25, 0.3) is 0 Å². The van der Waals surface area contributed by atoms with Crippen LogP contribution in [0.15, 0.2) is 0 Å². The Kier molecular flexibility index (Phi) is 20.6. The SMILES string of the molecule is CC(C)O.CC(C)O.C[C](=O)[AlH2]. The van der Waals surface area contributed by atoms with Crippen molar-refractivity contribution < 1.29 is 15.0 Å². The maximum atomic E-state index is 9.51. The molecule has 0 aliphatic rings. The lowest BCUT2D eigenvalue weighted by atomic mass is 10.5. The zero-order valence-corrected chi connectivity index (χ0v) is 11.0. The molecule has 3 nitrogen and oxygen atoms in total. The Morgan fingerprint density at radius 3 is 1.08 bits per heavy atom. The summed E-state index contributed by atoms with van der Waals surface area (Å²) in [6.45, 7) is 8.48. The molecule has 0 aromatic rings. The molecule has 0 aliphatic carbocycles. The lowest BCUT2D eigenvalue weighted by Gasteiger charge is -1.80. The molecule has 0 saturated heterocycles. The predicted molar refractivity (Wildman–Crippen MR) is 53.9 cm³/mol. The maximum absolute atomic E-state index is 9.51. The molecule has 12 heavy (non-hydrogen) atoms. The highest BCUT2D eigenvalue weighted by Gasteiger charge is 1.69. The van der Waals surface area contributed by atoms with Crippen LogP contribution in [0.4, 0.5) is 0 Å². The van der Waals surface area contributed by atoms with Crippen LogP contribution >= 0.6 is 0 Å². The van der Waals surface area contributed by atoms with Crippen molar-refractivity contribution in [3.8, 4) is 0 Å². The summed E-state index contributed by atoms with van der Waals surface area (Å²) in [5.74, 6) is 0. The molecule has 0 amide bonds. The quantitative estimate of drug-likeness (QED) is 0.529. The van der Waals surface area contributed by atoms with Crippen LogP contribution < -0.4 is 0 Å². The molecule has 0 aromatic heterocycles. The Hall–Kier alpha value is 0.122. The van der Waals surface area contributed by atoms with Gasteiger partial charge in [-0.15, -0.1) is 0 Å². The zero-order chi connectivity index (χ0) is 10.7. The van der Waals surface area contributed by atoms with Crippen molar-refractivity contribution in [1.29, 1.82) is 0 Å². The minimum atomic E-state index is -0.167. The highest BCUT2D eigenvalue weighted by Crippen LogP contribution is 1.65. The summed E-state index contributed by atoms with van der Waals surface area (Å²) in [6.07, 6.45) is -0.333. The van der Waals surface area contributed by atoms with Gasteiger partial charge in [0.05, 0.1) is 0 Å². The molecular formula is C8H21AlO3. The summed E-state index contributed by atoms with van der Waals surface area (Å²) in [4.78, 5) is 9.51. The number of carbonyl (C=O) groups excluding carboxylic acids is 1. The van der Waals surface area contributed by atoms with E-state index in [1.807, 2.05) is 0 Å². The molecule has 0 radical (unpaired) electrons. The van der Waals surface area contributed by atoms with Crippen molar-refractivity contribution in [1.82, 2.24) is 0 Å². The van der Waals surface area contributed by atoms with Gasteiger partial charge in [-0.05, 0) is 34.6 Å². The molecule has 0 rings (SSSR count). The maximum Gasteiger partial charge on any atom is 0.318 e. The number of rotatable bonds is 0. The first kappa shape index (κ1) is 18.0. The summed E-state index contributed by atoms with van der Waals surface area (Å²) >= 11 is 0.710. The molecule has 74 valence electrons. The predicted octanol–water partition coefficient (Wildman–Crippen LogP) is -0.0598. The van der Waals surface area contributed by atoms with Crippen LogP contribution in [0.3, 0.4) is 0 Å². The number of hydrogen-bond donors (Lipinski definition) is 2. The van der Waals surface area contributed by atoms with Crippen LogP contribution in [-0.4, -0.2) is 43.4 Å². The van der Waals surface area contributed by atoms with E-state index >= 15 is 0 Å². The standard InChI is InChI=1S/2C3H8O.C2H3O.Al.2H/c2*1-3(2)4;1-2-3;;;/h2*3-4H,1-2H3;1H3;;;. The lowest BCUT2D eigenvalue weighted by Crippen LogP contribution is -1.85. The van der Waals surface area contributed by atoms with Gasteiger partial charge in [0.25, 0.3) is 0 Å². The summed E-state index contributed by atoms with van der Waals surface area (Å²) in [5.41, 5.74) is 0. The van der Waals surface area contributed by atoms with Crippen molar-refractivity contribution in [2.24, 2.45) is 0 Å². The van der Waals surface area contributed by atoms with E-state index in [0.29, 0.717) is 20.9 Å². The van der Waals surface area contributed by atoms with Crippen molar-refractivity contribution in [2.45, 2.75) is 46.8 Å². The summed E-state index contributed by atoms with van der Waals surface area (Å²) in [6, 6.07) is 0. The average molecular weight is 192 g/mol. The Morgan fingerprint density at radius 2 is 1.08 bits per heavy atom. The van der Waals surface area contributed by atoms with Crippen LogP contribution in [0.5, 0.6) is 0 Å². The topological polar surface area (TPSA) is 57.5 Å². The molecule has 0 aliphatic heterocycles. The monoisotopic (exact) mass is 192 g/mol. The summed E-state index contributed by atoms with van der Waals surface area (Å²) in [7, 11) is 0. The minimum absolute atomic E-state index is 0.167. The number of carbonyl (C=O) groups is 1. The van der Waals surface area contributed by atoms with E-state index in [-0.39, 0.29) is 12.2 Å². The van der Waals surface area contributed by atoms with Gasteiger partial charge >= 0.3 is 16.3 Å². The zero-order valence-electron chi connectivity index (χ0n) is 8.96. The molecule has 0 heterocycles. The van der Waals surface area contributed by atoms with Gasteiger partial charge in [-0.3, -0.25) is 0 Å². The van der Waals surface area contributed by atoms with Gasteiger partial charge in [-0.1, -0.05) is 0 Å². The largest absolute Gasteiger partial charge is 0.394 e. The first-order chi connectivity index (χ1) is 5.20. The van der Waals surface area contributed by atoms with Gasteiger partial charge < -0.3 is 15.0 Å². The van der Waals surface area contributed by atoms with Crippen LogP contribution in [0.1, 0.15) is 34.6 Å². The van der Waals surface area contributed by atoms with E-state index in [9.17, 15) is 4.79 Å². The van der Waals surface area contributed by atoms with E-state index in [1.54, 1.807) is 34.6 Å². The van der Waals surface area contributed by atoms with Gasteiger partial charge in [0.2, 0.25) is 0 Å². The van der Waals surface area contributed by atoms with Gasteiger partial charge in [-0.2, -0.15) is 0 Å². The van der Waals surface area contributed by atoms with Crippen LogP contribution in [0, 0.1) is 0 Å². The molecule has 0 unspecified atom stereocenters. The number of aliphatic hydroxyl groups is 2. The van der Waals surface area contributed by atoms with E-state index in [1.165, 1.54) is 0 Å². The van der Waals surface area contributed by atoms with Crippen molar-refractivity contribution in [2.75, 3.05) is 0 Å².